The van der Waals surface area contributed by atoms with Crippen LogP contribution in [0.5, 0.6) is 0 Å². The first-order valence-corrected chi connectivity index (χ1v) is 10.1. The molecule has 26 heavy (non-hydrogen) atoms. The topological polar surface area (TPSA) is 47.8 Å². The molecule has 0 saturated carbocycles. The van der Waals surface area contributed by atoms with Crippen LogP contribution in [0.4, 0.5) is 0 Å². The molecule has 1 unspecified atom stereocenters. The average molecular weight is 403 g/mol. The Kier molecular flexibility index (Phi) is 8.54. The van der Waals surface area contributed by atoms with Gasteiger partial charge in [0.25, 0.3) is 0 Å². The predicted octanol–water partition coefficient (Wildman–Crippen LogP) is 2.27. The van der Waals surface area contributed by atoms with Gasteiger partial charge < -0.3 is 25.0 Å². The number of aliphatic imine (C=N–C) groups is 1. The first-order chi connectivity index (χ1) is 12.4. The molecule has 2 rings (SSSR count). The molecule has 0 aliphatic carbocycles. The molecule has 148 valence electrons. The number of aromatic nitrogens is 1. The Bertz CT molecular complexity index is 593. The van der Waals surface area contributed by atoms with E-state index < -0.39 is 0 Å². The molecule has 2 N–H and O–H groups in total. The fourth-order valence-electron chi connectivity index (χ4n) is 3.22. The Morgan fingerprint density at radius 2 is 1.85 bits per heavy atom. The summed E-state index contributed by atoms with van der Waals surface area (Å²) < 4.78 is 1.88. The van der Waals surface area contributed by atoms with Crippen LogP contribution >= 0.6 is 23.2 Å². The smallest absolute Gasteiger partial charge is 0.191 e. The van der Waals surface area contributed by atoms with E-state index in [2.05, 4.69) is 39.3 Å². The molecule has 1 aliphatic rings. The molecule has 6 nitrogen and oxygen atoms in total. The third-order valence-corrected chi connectivity index (χ3v) is 5.82. The van der Waals surface area contributed by atoms with Gasteiger partial charge in [0.2, 0.25) is 0 Å². The maximum Gasteiger partial charge on any atom is 0.191 e. The zero-order chi connectivity index (χ0) is 19.1. The van der Waals surface area contributed by atoms with E-state index in [1.54, 1.807) is 7.05 Å². The van der Waals surface area contributed by atoms with Gasteiger partial charge in [-0.1, -0.05) is 37.0 Å². The SMILES string of the molecule is CCN1CCN(CC(C)CNC(=NC)NCc2cc(Cl)c(Cl)n2C)CC1. The molecule has 0 amide bonds. The molecule has 1 aliphatic heterocycles. The number of likely N-dealkylation sites (N-methyl/N-ethyl adjacent to an activating group) is 1. The van der Waals surface area contributed by atoms with Crippen molar-refractivity contribution in [2.45, 2.75) is 20.4 Å². The molecule has 0 spiro atoms. The van der Waals surface area contributed by atoms with Crippen LogP contribution in [-0.4, -0.2) is 73.2 Å². The van der Waals surface area contributed by atoms with Crippen molar-refractivity contribution < 1.29 is 0 Å². The predicted molar refractivity (Wildman–Crippen MR) is 111 cm³/mol. The van der Waals surface area contributed by atoms with Crippen molar-refractivity contribution in [3.8, 4) is 0 Å². The van der Waals surface area contributed by atoms with E-state index in [0.717, 1.165) is 31.3 Å². The van der Waals surface area contributed by atoms with E-state index >= 15 is 0 Å². The van der Waals surface area contributed by atoms with Crippen LogP contribution in [0.2, 0.25) is 10.2 Å². The lowest BCUT2D eigenvalue weighted by atomic mass is 10.1. The molecule has 0 aromatic carbocycles. The van der Waals surface area contributed by atoms with Crippen LogP contribution in [0.3, 0.4) is 0 Å². The Morgan fingerprint density at radius 1 is 1.19 bits per heavy atom. The number of halogens is 2. The number of hydrogen-bond donors (Lipinski definition) is 2. The number of guanidine groups is 1. The second-order valence-electron chi connectivity index (χ2n) is 6.98. The molecule has 2 heterocycles. The lowest BCUT2D eigenvalue weighted by Crippen LogP contribution is -2.48. The molecule has 1 aromatic heterocycles. The van der Waals surface area contributed by atoms with Gasteiger partial charge in [0.05, 0.1) is 11.6 Å². The van der Waals surface area contributed by atoms with Crippen molar-refractivity contribution in [3.63, 3.8) is 0 Å². The minimum absolute atomic E-state index is 0.556. The minimum Gasteiger partial charge on any atom is -0.356 e. The maximum atomic E-state index is 6.11. The summed E-state index contributed by atoms with van der Waals surface area (Å²) in [6.45, 7) is 13.0. The third-order valence-electron chi connectivity index (χ3n) is 4.98. The van der Waals surface area contributed by atoms with Gasteiger partial charge >= 0.3 is 0 Å². The van der Waals surface area contributed by atoms with Crippen molar-refractivity contribution in [3.05, 3.63) is 21.9 Å². The molecule has 1 fully saturated rings. The second-order valence-corrected chi connectivity index (χ2v) is 7.75. The first-order valence-electron chi connectivity index (χ1n) is 9.33. The van der Waals surface area contributed by atoms with E-state index in [9.17, 15) is 0 Å². The summed E-state index contributed by atoms with van der Waals surface area (Å²) in [6, 6.07) is 1.88. The van der Waals surface area contributed by atoms with Crippen LogP contribution < -0.4 is 10.6 Å². The third kappa shape index (κ3) is 6.05. The Labute approximate surface area is 167 Å². The normalized spacial score (nSPS) is 18.2. The highest BCUT2D eigenvalue weighted by molar-refractivity contribution is 6.41. The summed E-state index contributed by atoms with van der Waals surface area (Å²) in [5.74, 6) is 1.35. The summed E-state index contributed by atoms with van der Waals surface area (Å²) in [4.78, 5) is 9.37. The summed E-state index contributed by atoms with van der Waals surface area (Å²) >= 11 is 12.2. The van der Waals surface area contributed by atoms with Gasteiger partial charge in [-0.3, -0.25) is 4.99 Å². The largest absolute Gasteiger partial charge is 0.356 e. The standard InChI is InChI=1S/C18H32Cl2N6/c1-5-25-6-8-26(9-7-25)13-14(2)11-22-18(21-3)23-12-15-10-16(19)17(20)24(15)4/h10,14H,5-9,11-13H2,1-4H3,(H2,21,22,23). The Balaban J connectivity index is 1.71. The van der Waals surface area contributed by atoms with E-state index in [4.69, 9.17) is 23.2 Å². The molecular weight excluding hydrogens is 371 g/mol. The van der Waals surface area contributed by atoms with Gasteiger partial charge in [0.15, 0.2) is 5.96 Å². The Hall–Kier alpha value is -0.950. The second kappa shape index (κ2) is 10.4. The molecular formula is C18H32Cl2N6. The Morgan fingerprint density at radius 3 is 2.38 bits per heavy atom. The van der Waals surface area contributed by atoms with E-state index in [0.29, 0.717) is 22.6 Å². The molecule has 0 bridgehead atoms. The molecule has 1 aromatic rings. The molecule has 0 radical (unpaired) electrons. The van der Waals surface area contributed by atoms with Gasteiger partial charge in [-0.2, -0.15) is 0 Å². The monoisotopic (exact) mass is 402 g/mol. The van der Waals surface area contributed by atoms with Crippen LogP contribution in [0.25, 0.3) is 0 Å². The molecule has 1 atom stereocenters. The van der Waals surface area contributed by atoms with Gasteiger partial charge in [0, 0.05) is 59.1 Å². The summed E-state index contributed by atoms with van der Waals surface area (Å²) in [5, 5.41) is 7.87. The number of nitrogens with zero attached hydrogens (tertiary/aromatic N) is 4. The van der Waals surface area contributed by atoms with Crippen molar-refractivity contribution in [2.75, 3.05) is 52.9 Å². The van der Waals surface area contributed by atoms with Crippen molar-refractivity contribution in [2.24, 2.45) is 18.0 Å². The van der Waals surface area contributed by atoms with Crippen LogP contribution in [0.1, 0.15) is 19.5 Å². The van der Waals surface area contributed by atoms with Crippen LogP contribution in [-0.2, 0) is 13.6 Å². The van der Waals surface area contributed by atoms with Crippen LogP contribution in [0, 0.1) is 5.92 Å². The van der Waals surface area contributed by atoms with Gasteiger partial charge in [-0.15, -0.1) is 0 Å². The van der Waals surface area contributed by atoms with Crippen molar-refractivity contribution in [1.82, 2.24) is 25.0 Å². The van der Waals surface area contributed by atoms with Gasteiger partial charge in [-0.25, -0.2) is 0 Å². The van der Waals surface area contributed by atoms with Gasteiger partial charge in [0.1, 0.15) is 5.15 Å². The van der Waals surface area contributed by atoms with Crippen molar-refractivity contribution in [1.29, 1.82) is 0 Å². The number of nitrogens with one attached hydrogen (secondary N) is 2. The molecule has 8 heteroatoms. The fourth-order valence-corrected chi connectivity index (χ4v) is 3.63. The van der Waals surface area contributed by atoms with E-state index in [-0.39, 0.29) is 0 Å². The van der Waals surface area contributed by atoms with Crippen LogP contribution in [0.15, 0.2) is 11.1 Å². The maximum absolute atomic E-state index is 6.11. The van der Waals surface area contributed by atoms with Gasteiger partial charge in [-0.05, 0) is 18.5 Å². The summed E-state index contributed by atoms with van der Waals surface area (Å²) in [7, 11) is 3.69. The highest BCUT2D eigenvalue weighted by Crippen LogP contribution is 2.24. The number of piperazine rings is 1. The summed E-state index contributed by atoms with van der Waals surface area (Å²) in [5.41, 5.74) is 1.02. The zero-order valence-electron chi connectivity index (χ0n) is 16.4. The highest BCUT2D eigenvalue weighted by Gasteiger charge is 2.17. The number of rotatable bonds is 7. The first kappa shape index (κ1) is 21.4. The summed E-state index contributed by atoms with van der Waals surface area (Å²) in [6.07, 6.45) is 0. The number of hydrogen-bond acceptors (Lipinski definition) is 3. The molecule has 1 saturated heterocycles. The quantitative estimate of drug-likeness (QED) is 0.542. The van der Waals surface area contributed by atoms with E-state index in [1.807, 2.05) is 17.7 Å². The highest BCUT2D eigenvalue weighted by atomic mass is 35.5. The average Bonchev–Trinajstić information content (AvgIpc) is 2.89. The van der Waals surface area contributed by atoms with Crippen molar-refractivity contribution >= 4 is 29.2 Å². The zero-order valence-corrected chi connectivity index (χ0v) is 17.9. The lowest BCUT2D eigenvalue weighted by Gasteiger charge is -2.35. The van der Waals surface area contributed by atoms with E-state index in [1.165, 1.54) is 26.2 Å². The minimum atomic E-state index is 0.556. The lowest BCUT2D eigenvalue weighted by molar-refractivity contribution is 0.124. The fraction of sp³-hybridized carbons (Fsp3) is 0.722.